The number of nitrogen functional groups attached to an aromatic ring is 1. The second-order valence-electron chi connectivity index (χ2n) is 2.98. The van der Waals surface area contributed by atoms with Crippen molar-refractivity contribution in [2.45, 2.75) is 27.2 Å². The van der Waals surface area contributed by atoms with E-state index in [4.69, 9.17) is 5.73 Å². The van der Waals surface area contributed by atoms with Crippen molar-refractivity contribution in [2.24, 2.45) is 0 Å². The highest BCUT2D eigenvalue weighted by Gasteiger charge is 2.03. The Morgan fingerprint density at radius 3 is 2.50 bits per heavy atom. The van der Waals surface area contributed by atoms with E-state index < -0.39 is 0 Å². The summed E-state index contributed by atoms with van der Waals surface area (Å²) < 4.78 is 0. The lowest BCUT2D eigenvalue weighted by atomic mass is 10.2. The Kier molecular flexibility index (Phi) is 4.92. The number of anilines is 1. The summed E-state index contributed by atoms with van der Waals surface area (Å²) in [6, 6.07) is 4.05. The van der Waals surface area contributed by atoms with E-state index in [1.165, 1.54) is 16.9 Å². The monoisotopic (exact) mass is 235 g/mol. The Balaban J connectivity index is 0.000000606. The van der Waals surface area contributed by atoms with Crippen LogP contribution in [-0.2, 0) is 6.42 Å². The molecule has 86 valence electrons. The van der Waals surface area contributed by atoms with Crippen LogP contribution in [0.3, 0.4) is 0 Å². The number of hydrogen-bond acceptors (Lipinski definition) is 4. The molecule has 0 aliphatic rings. The first-order valence-corrected chi connectivity index (χ1v) is 6.34. The standard InChI is InChI=1S/C10H11N3S.C2H6/c1-2-7-3-4-8(12-5-7)10-13-9(11)6-14-10;1-2/h3-6H,2,11H2,1H3;1-2H3. The van der Waals surface area contributed by atoms with E-state index in [0.717, 1.165) is 17.1 Å². The first-order chi connectivity index (χ1) is 7.79. The summed E-state index contributed by atoms with van der Waals surface area (Å²) in [6.07, 6.45) is 2.89. The number of aromatic nitrogens is 2. The van der Waals surface area contributed by atoms with Crippen LogP contribution in [0.4, 0.5) is 5.82 Å². The molecule has 2 rings (SSSR count). The van der Waals surface area contributed by atoms with Crippen molar-refractivity contribution >= 4 is 17.2 Å². The van der Waals surface area contributed by atoms with Crippen molar-refractivity contribution in [3.8, 4) is 10.7 Å². The smallest absolute Gasteiger partial charge is 0.144 e. The van der Waals surface area contributed by atoms with Crippen LogP contribution in [-0.4, -0.2) is 9.97 Å². The fraction of sp³-hybridized carbons (Fsp3) is 0.333. The average Bonchev–Trinajstić information content (AvgIpc) is 2.79. The van der Waals surface area contributed by atoms with Crippen molar-refractivity contribution in [1.82, 2.24) is 9.97 Å². The van der Waals surface area contributed by atoms with E-state index in [1.807, 2.05) is 31.5 Å². The minimum atomic E-state index is 0.561. The molecule has 2 heterocycles. The Bertz CT molecular complexity index is 420. The maximum absolute atomic E-state index is 5.54. The highest BCUT2D eigenvalue weighted by atomic mass is 32.1. The van der Waals surface area contributed by atoms with Crippen LogP contribution < -0.4 is 5.73 Å². The van der Waals surface area contributed by atoms with Gasteiger partial charge in [0.1, 0.15) is 10.8 Å². The van der Waals surface area contributed by atoms with Gasteiger partial charge in [-0.2, -0.15) is 0 Å². The first kappa shape index (κ1) is 12.6. The van der Waals surface area contributed by atoms with Gasteiger partial charge in [0.15, 0.2) is 0 Å². The third kappa shape index (κ3) is 3.03. The zero-order valence-corrected chi connectivity index (χ0v) is 10.7. The Morgan fingerprint density at radius 1 is 1.31 bits per heavy atom. The lowest BCUT2D eigenvalue weighted by molar-refractivity contribution is 1.10. The van der Waals surface area contributed by atoms with Gasteiger partial charge in [0.2, 0.25) is 0 Å². The summed E-state index contributed by atoms with van der Waals surface area (Å²) in [5.41, 5.74) is 7.67. The topological polar surface area (TPSA) is 51.8 Å². The molecule has 0 aromatic carbocycles. The fourth-order valence-corrected chi connectivity index (χ4v) is 1.85. The van der Waals surface area contributed by atoms with Crippen molar-refractivity contribution in [2.75, 3.05) is 5.73 Å². The molecule has 0 atom stereocenters. The van der Waals surface area contributed by atoms with E-state index in [2.05, 4.69) is 23.0 Å². The van der Waals surface area contributed by atoms with Crippen molar-refractivity contribution in [3.63, 3.8) is 0 Å². The number of nitrogens with zero attached hydrogens (tertiary/aromatic N) is 2. The van der Waals surface area contributed by atoms with Gasteiger partial charge in [0, 0.05) is 11.6 Å². The highest BCUT2D eigenvalue weighted by molar-refractivity contribution is 7.13. The van der Waals surface area contributed by atoms with Gasteiger partial charge in [-0.05, 0) is 18.1 Å². The van der Waals surface area contributed by atoms with Crippen molar-refractivity contribution in [3.05, 3.63) is 29.3 Å². The molecule has 16 heavy (non-hydrogen) atoms. The van der Waals surface area contributed by atoms with E-state index in [-0.39, 0.29) is 0 Å². The Morgan fingerprint density at radius 2 is 2.06 bits per heavy atom. The van der Waals surface area contributed by atoms with Crippen LogP contribution in [0, 0.1) is 0 Å². The van der Waals surface area contributed by atoms with Gasteiger partial charge < -0.3 is 5.73 Å². The average molecular weight is 235 g/mol. The molecule has 0 fully saturated rings. The molecule has 0 saturated carbocycles. The normalized spacial score (nSPS) is 9.44. The molecule has 4 heteroatoms. The van der Waals surface area contributed by atoms with E-state index in [9.17, 15) is 0 Å². The summed E-state index contributed by atoms with van der Waals surface area (Å²) in [6.45, 7) is 6.11. The van der Waals surface area contributed by atoms with E-state index in [1.54, 1.807) is 0 Å². The Hall–Kier alpha value is -1.42. The van der Waals surface area contributed by atoms with Crippen LogP contribution in [0.1, 0.15) is 26.3 Å². The maximum atomic E-state index is 5.54. The third-order valence-electron chi connectivity index (χ3n) is 1.97. The Labute approximate surface area is 100 Å². The van der Waals surface area contributed by atoms with Gasteiger partial charge >= 0.3 is 0 Å². The molecule has 2 aromatic heterocycles. The summed E-state index contributed by atoms with van der Waals surface area (Å²) in [7, 11) is 0. The molecule has 0 saturated heterocycles. The summed E-state index contributed by atoms with van der Waals surface area (Å²) in [5.74, 6) is 0.561. The van der Waals surface area contributed by atoms with Gasteiger partial charge in [-0.25, -0.2) is 4.98 Å². The molecular formula is C12H17N3S. The molecule has 0 aliphatic heterocycles. The molecular weight excluding hydrogens is 218 g/mol. The number of nitrogens with two attached hydrogens (primary N) is 1. The lowest BCUT2D eigenvalue weighted by Gasteiger charge is -1.97. The molecule has 0 aliphatic carbocycles. The molecule has 0 unspecified atom stereocenters. The second-order valence-corrected chi connectivity index (χ2v) is 3.84. The number of rotatable bonds is 2. The molecule has 0 spiro atoms. The minimum absolute atomic E-state index is 0.561. The van der Waals surface area contributed by atoms with Crippen LogP contribution in [0.5, 0.6) is 0 Å². The quantitative estimate of drug-likeness (QED) is 0.868. The largest absolute Gasteiger partial charge is 0.383 e. The van der Waals surface area contributed by atoms with Gasteiger partial charge in [-0.3, -0.25) is 4.98 Å². The zero-order valence-electron chi connectivity index (χ0n) is 9.90. The molecule has 0 radical (unpaired) electrons. The summed E-state index contributed by atoms with van der Waals surface area (Å²) >= 11 is 1.52. The van der Waals surface area contributed by atoms with Crippen molar-refractivity contribution < 1.29 is 0 Å². The predicted octanol–water partition coefficient (Wildman–Crippen LogP) is 3.38. The van der Waals surface area contributed by atoms with Gasteiger partial charge in [0.25, 0.3) is 0 Å². The number of thiazole rings is 1. The maximum Gasteiger partial charge on any atom is 0.144 e. The summed E-state index contributed by atoms with van der Waals surface area (Å²) in [4.78, 5) is 8.50. The molecule has 2 N–H and O–H groups in total. The minimum Gasteiger partial charge on any atom is -0.383 e. The highest BCUT2D eigenvalue weighted by Crippen LogP contribution is 2.22. The van der Waals surface area contributed by atoms with Crippen molar-refractivity contribution in [1.29, 1.82) is 0 Å². The summed E-state index contributed by atoms with van der Waals surface area (Å²) in [5, 5.41) is 2.70. The lowest BCUT2D eigenvalue weighted by Crippen LogP contribution is -1.87. The predicted molar refractivity (Wildman–Crippen MR) is 70.5 cm³/mol. The fourth-order valence-electron chi connectivity index (χ4n) is 1.16. The number of hydrogen-bond donors (Lipinski definition) is 1. The van der Waals surface area contributed by atoms with Crippen LogP contribution >= 0.6 is 11.3 Å². The molecule has 3 nitrogen and oxygen atoms in total. The van der Waals surface area contributed by atoms with Crippen LogP contribution in [0.2, 0.25) is 0 Å². The molecule has 2 aromatic rings. The van der Waals surface area contributed by atoms with E-state index in [0.29, 0.717) is 5.82 Å². The zero-order chi connectivity index (χ0) is 12.0. The SMILES string of the molecule is CC.CCc1ccc(-c2nc(N)cs2)nc1. The van der Waals surface area contributed by atoms with E-state index >= 15 is 0 Å². The van der Waals surface area contributed by atoms with Crippen LogP contribution in [0.25, 0.3) is 10.7 Å². The van der Waals surface area contributed by atoms with Gasteiger partial charge in [0.05, 0.1) is 5.69 Å². The third-order valence-corrected chi connectivity index (χ3v) is 2.86. The molecule has 0 amide bonds. The number of aryl methyl sites for hydroxylation is 1. The second kappa shape index (κ2) is 6.23. The van der Waals surface area contributed by atoms with Crippen LogP contribution in [0.15, 0.2) is 23.7 Å². The van der Waals surface area contributed by atoms with Gasteiger partial charge in [-0.15, -0.1) is 11.3 Å². The first-order valence-electron chi connectivity index (χ1n) is 5.46. The van der Waals surface area contributed by atoms with Gasteiger partial charge in [-0.1, -0.05) is 26.8 Å². The number of pyridine rings is 1. The molecule has 0 bridgehead atoms.